The lowest BCUT2D eigenvalue weighted by atomic mass is 9.50. The van der Waals surface area contributed by atoms with Crippen LogP contribution in [-0.2, 0) is 4.79 Å². The summed E-state index contributed by atoms with van der Waals surface area (Å²) in [6.45, 7) is 4.87. The van der Waals surface area contributed by atoms with E-state index < -0.39 is 0 Å². The first-order valence-electron chi connectivity index (χ1n) is 9.84. The molecule has 0 heterocycles. The Morgan fingerprint density at radius 3 is 2.73 bits per heavy atom. The molecule has 1 heteroatoms. The molecule has 4 aliphatic rings. The minimum absolute atomic E-state index is 0.522. The SMILES string of the molecule is CCC=C1CC[C@H]2[C@@H]3CC[C@@H]4CC(=O)CC[C@@H]4[C@H]3CC[C@]12C. The molecule has 122 valence electrons. The van der Waals surface area contributed by atoms with Crippen molar-refractivity contribution in [1.82, 2.24) is 0 Å². The van der Waals surface area contributed by atoms with Gasteiger partial charge in [-0.05, 0) is 86.4 Å². The number of fused-ring (bicyclic) bond motifs is 5. The van der Waals surface area contributed by atoms with Crippen LogP contribution in [0, 0.1) is 35.0 Å². The van der Waals surface area contributed by atoms with Crippen LogP contribution in [0.1, 0.15) is 78.1 Å². The van der Waals surface area contributed by atoms with E-state index >= 15 is 0 Å². The summed E-state index contributed by atoms with van der Waals surface area (Å²) in [7, 11) is 0. The van der Waals surface area contributed by atoms with E-state index in [1.54, 1.807) is 5.57 Å². The molecule has 0 unspecified atom stereocenters. The van der Waals surface area contributed by atoms with Crippen LogP contribution in [-0.4, -0.2) is 5.78 Å². The highest BCUT2D eigenvalue weighted by atomic mass is 16.1. The van der Waals surface area contributed by atoms with Crippen molar-refractivity contribution < 1.29 is 4.79 Å². The molecule has 0 aromatic rings. The Labute approximate surface area is 135 Å². The molecule has 0 N–H and O–H groups in total. The van der Waals surface area contributed by atoms with Gasteiger partial charge < -0.3 is 0 Å². The summed E-state index contributed by atoms with van der Waals surface area (Å²) < 4.78 is 0. The average molecular weight is 300 g/mol. The van der Waals surface area contributed by atoms with Gasteiger partial charge in [-0.15, -0.1) is 0 Å². The maximum Gasteiger partial charge on any atom is 0.133 e. The van der Waals surface area contributed by atoms with Gasteiger partial charge in [-0.2, -0.15) is 0 Å². The van der Waals surface area contributed by atoms with Crippen LogP contribution in [0.5, 0.6) is 0 Å². The van der Waals surface area contributed by atoms with Crippen molar-refractivity contribution in [3.63, 3.8) is 0 Å². The van der Waals surface area contributed by atoms with Crippen LogP contribution in [0.15, 0.2) is 11.6 Å². The summed E-state index contributed by atoms with van der Waals surface area (Å²) in [5, 5.41) is 0. The molecule has 0 bridgehead atoms. The molecule has 4 rings (SSSR count). The van der Waals surface area contributed by atoms with Crippen molar-refractivity contribution in [3.05, 3.63) is 11.6 Å². The fraction of sp³-hybridized carbons (Fsp3) is 0.857. The third kappa shape index (κ3) is 2.14. The lowest BCUT2D eigenvalue weighted by molar-refractivity contribution is -0.126. The summed E-state index contributed by atoms with van der Waals surface area (Å²) in [5.41, 5.74) is 2.31. The lowest BCUT2D eigenvalue weighted by Gasteiger charge is -2.54. The minimum atomic E-state index is 0.522. The first-order valence-corrected chi connectivity index (χ1v) is 9.84. The van der Waals surface area contributed by atoms with Crippen molar-refractivity contribution in [3.8, 4) is 0 Å². The van der Waals surface area contributed by atoms with Crippen molar-refractivity contribution in [1.29, 1.82) is 0 Å². The molecule has 0 radical (unpaired) electrons. The van der Waals surface area contributed by atoms with Gasteiger partial charge in [0.15, 0.2) is 0 Å². The second-order valence-electron chi connectivity index (χ2n) is 8.85. The Balaban J connectivity index is 1.58. The Kier molecular flexibility index (Phi) is 3.74. The van der Waals surface area contributed by atoms with Gasteiger partial charge in [-0.3, -0.25) is 4.79 Å². The Morgan fingerprint density at radius 2 is 1.91 bits per heavy atom. The van der Waals surface area contributed by atoms with Crippen LogP contribution in [0.3, 0.4) is 0 Å². The Hall–Kier alpha value is -0.590. The number of allylic oxidation sites excluding steroid dienone is 2. The van der Waals surface area contributed by atoms with Crippen molar-refractivity contribution in [2.75, 3.05) is 0 Å². The summed E-state index contributed by atoms with van der Waals surface area (Å²) in [6.07, 6.45) is 15.2. The van der Waals surface area contributed by atoms with Gasteiger partial charge >= 0.3 is 0 Å². The smallest absolute Gasteiger partial charge is 0.133 e. The van der Waals surface area contributed by atoms with Crippen molar-refractivity contribution >= 4 is 5.78 Å². The molecule has 22 heavy (non-hydrogen) atoms. The molecule has 0 aromatic heterocycles. The van der Waals surface area contributed by atoms with Crippen LogP contribution in [0.2, 0.25) is 0 Å². The molecule has 0 aliphatic heterocycles. The number of carbonyl (C=O) groups excluding carboxylic acids is 1. The molecule has 4 aliphatic carbocycles. The highest BCUT2D eigenvalue weighted by molar-refractivity contribution is 5.79. The van der Waals surface area contributed by atoms with E-state index in [0.29, 0.717) is 11.2 Å². The number of rotatable bonds is 1. The number of Topliss-reactive ketones (excluding diaryl/α,β-unsaturated/α-hetero) is 1. The zero-order chi connectivity index (χ0) is 15.3. The molecule has 4 fully saturated rings. The maximum absolute atomic E-state index is 11.8. The van der Waals surface area contributed by atoms with E-state index in [1.807, 2.05) is 0 Å². The zero-order valence-electron chi connectivity index (χ0n) is 14.4. The molecule has 4 saturated carbocycles. The Morgan fingerprint density at radius 1 is 1.05 bits per heavy atom. The van der Waals surface area contributed by atoms with Gasteiger partial charge in [0.05, 0.1) is 0 Å². The van der Waals surface area contributed by atoms with Crippen molar-refractivity contribution in [2.45, 2.75) is 78.1 Å². The van der Waals surface area contributed by atoms with E-state index in [9.17, 15) is 4.79 Å². The quantitative estimate of drug-likeness (QED) is 0.581. The standard InChI is InChI=1S/C21H32O/c1-3-4-15-6-10-20-19-8-5-14-13-16(22)7-9-17(14)18(19)11-12-21(15,20)2/h4,14,17-20H,3,5-13H2,1-2H3/t14-,17+,18-,19-,20+,21-/m1/s1. The van der Waals surface area contributed by atoms with E-state index in [-0.39, 0.29) is 0 Å². The van der Waals surface area contributed by atoms with Crippen LogP contribution >= 0.6 is 0 Å². The second kappa shape index (κ2) is 5.49. The molecule has 6 atom stereocenters. The van der Waals surface area contributed by atoms with E-state index in [2.05, 4.69) is 19.9 Å². The van der Waals surface area contributed by atoms with Gasteiger partial charge in [0.1, 0.15) is 5.78 Å². The summed E-state index contributed by atoms with van der Waals surface area (Å²) in [5.74, 6) is 5.05. The third-order valence-electron chi connectivity index (χ3n) is 8.06. The molecule has 0 aromatic carbocycles. The summed E-state index contributed by atoms with van der Waals surface area (Å²) >= 11 is 0. The predicted octanol–water partition coefficient (Wildman–Crippen LogP) is 5.54. The lowest BCUT2D eigenvalue weighted by Crippen LogP contribution is -2.47. The zero-order valence-corrected chi connectivity index (χ0v) is 14.4. The van der Waals surface area contributed by atoms with Crippen LogP contribution in [0.4, 0.5) is 0 Å². The molecule has 0 amide bonds. The van der Waals surface area contributed by atoms with Crippen molar-refractivity contribution in [2.24, 2.45) is 35.0 Å². The number of hydrogen-bond donors (Lipinski definition) is 0. The predicted molar refractivity (Wildman–Crippen MR) is 90.5 cm³/mol. The topological polar surface area (TPSA) is 17.1 Å². The summed E-state index contributed by atoms with van der Waals surface area (Å²) in [4.78, 5) is 11.8. The monoisotopic (exact) mass is 300 g/mol. The molecular formula is C21H32O. The minimum Gasteiger partial charge on any atom is -0.300 e. The van der Waals surface area contributed by atoms with Crippen LogP contribution < -0.4 is 0 Å². The van der Waals surface area contributed by atoms with E-state index in [4.69, 9.17) is 0 Å². The third-order valence-corrected chi connectivity index (χ3v) is 8.06. The highest BCUT2D eigenvalue weighted by Gasteiger charge is 2.55. The van der Waals surface area contributed by atoms with Gasteiger partial charge in [-0.25, -0.2) is 0 Å². The number of carbonyl (C=O) groups is 1. The fourth-order valence-corrected chi connectivity index (χ4v) is 7.09. The first kappa shape index (κ1) is 15.0. The van der Waals surface area contributed by atoms with E-state index in [1.165, 1.54) is 51.4 Å². The number of hydrogen-bond acceptors (Lipinski definition) is 1. The first-order chi connectivity index (χ1) is 10.6. The average Bonchev–Trinajstić information content (AvgIpc) is 2.84. The van der Waals surface area contributed by atoms with Gasteiger partial charge in [0, 0.05) is 12.8 Å². The summed E-state index contributed by atoms with van der Waals surface area (Å²) in [6, 6.07) is 0. The normalized spacial score (nSPS) is 49.6. The molecule has 0 spiro atoms. The largest absolute Gasteiger partial charge is 0.300 e. The van der Waals surface area contributed by atoms with Gasteiger partial charge in [0.2, 0.25) is 0 Å². The Bertz CT molecular complexity index is 490. The van der Waals surface area contributed by atoms with Crippen LogP contribution in [0.25, 0.3) is 0 Å². The van der Waals surface area contributed by atoms with Gasteiger partial charge in [-0.1, -0.05) is 25.5 Å². The van der Waals surface area contributed by atoms with E-state index in [0.717, 1.165) is 42.4 Å². The fourth-order valence-electron chi connectivity index (χ4n) is 7.09. The molecule has 0 saturated heterocycles. The molecule has 1 nitrogen and oxygen atoms in total. The molecular weight excluding hydrogens is 268 g/mol. The maximum atomic E-state index is 11.8. The number of ketones is 1. The second-order valence-corrected chi connectivity index (χ2v) is 8.85. The highest BCUT2D eigenvalue weighted by Crippen LogP contribution is 2.63. The van der Waals surface area contributed by atoms with Gasteiger partial charge in [0.25, 0.3) is 0 Å².